The van der Waals surface area contributed by atoms with Crippen LogP contribution in [0.4, 0.5) is 5.69 Å². The van der Waals surface area contributed by atoms with Gasteiger partial charge in [0.2, 0.25) is 0 Å². The van der Waals surface area contributed by atoms with E-state index in [0.717, 1.165) is 11.3 Å². The van der Waals surface area contributed by atoms with Gasteiger partial charge in [0, 0.05) is 18.8 Å². The summed E-state index contributed by atoms with van der Waals surface area (Å²) >= 11 is 0. The van der Waals surface area contributed by atoms with Crippen LogP contribution in [-0.2, 0) is 7.05 Å². The van der Waals surface area contributed by atoms with Gasteiger partial charge in [-0.1, -0.05) is 13.8 Å². The minimum absolute atomic E-state index is 0.0279. The smallest absolute Gasteiger partial charge is 0.277 e. The zero-order valence-electron chi connectivity index (χ0n) is 11.1. The van der Waals surface area contributed by atoms with Crippen molar-refractivity contribution >= 4 is 5.69 Å². The third-order valence-electron chi connectivity index (χ3n) is 3.05. The Hall–Kier alpha value is -1.45. The molecule has 1 aromatic heterocycles. The highest BCUT2D eigenvalue weighted by atomic mass is 16.5. The number of hydrogen-bond donors (Lipinski definition) is 1. The standard InChI is InChI=1S/C13H20N2O2/c1-8(2)9-6-15(5)12(16)10-11(9)17-13(3,4)7-14-10/h6,8,14H,7H2,1-5H3. The molecule has 1 aromatic rings. The lowest BCUT2D eigenvalue weighted by molar-refractivity contribution is 0.113. The molecule has 0 radical (unpaired) electrons. The molecule has 0 fully saturated rings. The number of aromatic nitrogens is 1. The van der Waals surface area contributed by atoms with Gasteiger partial charge in [-0.3, -0.25) is 4.79 Å². The summed E-state index contributed by atoms with van der Waals surface area (Å²) in [6.45, 7) is 8.89. The number of aryl methyl sites for hydroxylation is 1. The molecule has 2 rings (SSSR count). The Morgan fingerprint density at radius 2 is 2.12 bits per heavy atom. The third kappa shape index (κ3) is 2.04. The zero-order chi connectivity index (χ0) is 12.8. The molecule has 17 heavy (non-hydrogen) atoms. The van der Waals surface area contributed by atoms with Crippen molar-refractivity contribution in [3.63, 3.8) is 0 Å². The van der Waals surface area contributed by atoms with Gasteiger partial charge >= 0.3 is 0 Å². The van der Waals surface area contributed by atoms with E-state index in [0.29, 0.717) is 18.2 Å². The number of fused-ring (bicyclic) bond motifs is 1. The van der Waals surface area contributed by atoms with Gasteiger partial charge in [0.15, 0.2) is 5.75 Å². The number of hydrogen-bond acceptors (Lipinski definition) is 3. The Kier molecular flexibility index (Phi) is 2.68. The van der Waals surface area contributed by atoms with Gasteiger partial charge in [-0.25, -0.2) is 0 Å². The molecule has 0 saturated carbocycles. The fourth-order valence-electron chi connectivity index (χ4n) is 2.03. The summed E-state index contributed by atoms with van der Waals surface area (Å²) in [6.07, 6.45) is 1.87. The molecule has 0 aliphatic carbocycles. The highest BCUT2D eigenvalue weighted by Crippen LogP contribution is 2.36. The van der Waals surface area contributed by atoms with Crippen molar-refractivity contribution in [1.29, 1.82) is 0 Å². The van der Waals surface area contributed by atoms with Crippen LogP contribution >= 0.6 is 0 Å². The molecule has 0 saturated heterocycles. The Bertz CT molecular complexity index is 501. The van der Waals surface area contributed by atoms with Crippen molar-refractivity contribution < 1.29 is 4.74 Å². The van der Waals surface area contributed by atoms with E-state index in [-0.39, 0.29) is 11.2 Å². The molecule has 1 aliphatic rings. The van der Waals surface area contributed by atoms with Gasteiger partial charge < -0.3 is 14.6 Å². The van der Waals surface area contributed by atoms with E-state index in [1.54, 1.807) is 11.6 Å². The molecule has 1 N–H and O–H groups in total. The van der Waals surface area contributed by atoms with E-state index in [1.807, 2.05) is 20.0 Å². The molecule has 0 bridgehead atoms. The second-order valence-corrected chi connectivity index (χ2v) is 5.57. The Morgan fingerprint density at radius 3 is 2.71 bits per heavy atom. The number of ether oxygens (including phenoxy) is 1. The molecule has 4 heteroatoms. The van der Waals surface area contributed by atoms with E-state index in [1.165, 1.54) is 0 Å². The van der Waals surface area contributed by atoms with Gasteiger partial charge in [-0.15, -0.1) is 0 Å². The SMILES string of the molecule is CC(C)c1cn(C)c(=O)c2c1OC(C)(C)CN2. The topological polar surface area (TPSA) is 43.3 Å². The highest BCUT2D eigenvalue weighted by Gasteiger charge is 2.30. The maximum atomic E-state index is 12.0. The average molecular weight is 236 g/mol. The van der Waals surface area contributed by atoms with Crippen LogP contribution in [-0.4, -0.2) is 16.7 Å². The second kappa shape index (κ2) is 3.79. The lowest BCUT2D eigenvalue weighted by atomic mass is 10.0. The monoisotopic (exact) mass is 236 g/mol. The molecule has 94 valence electrons. The van der Waals surface area contributed by atoms with Gasteiger partial charge in [-0.05, 0) is 19.8 Å². The number of rotatable bonds is 1. The van der Waals surface area contributed by atoms with Crippen molar-refractivity contribution in [2.45, 2.75) is 39.2 Å². The van der Waals surface area contributed by atoms with Gasteiger partial charge in [-0.2, -0.15) is 0 Å². The van der Waals surface area contributed by atoms with Crippen LogP contribution in [0.25, 0.3) is 0 Å². The third-order valence-corrected chi connectivity index (χ3v) is 3.05. The average Bonchev–Trinajstić information content (AvgIpc) is 2.21. The quantitative estimate of drug-likeness (QED) is 0.812. The molecule has 4 nitrogen and oxygen atoms in total. The molecule has 0 amide bonds. The van der Waals surface area contributed by atoms with Crippen LogP contribution in [0.15, 0.2) is 11.0 Å². The van der Waals surface area contributed by atoms with Crippen LogP contribution in [0.3, 0.4) is 0 Å². The van der Waals surface area contributed by atoms with Crippen molar-refractivity contribution in [3.8, 4) is 5.75 Å². The molecular weight excluding hydrogens is 216 g/mol. The van der Waals surface area contributed by atoms with E-state index < -0.39 is 0 Å². The van der Waals surface area contributed by atoms with Gasteiger partial charge in [0.1, 0.15) is 11.3 Å². The maximum Gasteiger partial charge on any atom is 0.277 e. The number of pyridine rings is 1. The van der Waals surface area contributed by atoms with E-state index >= 15 is 0 Å². The van der Waals surface area contributed by atoms with Gasteiger partial charge in [0.05, 0.1) is 6.54 Å². The number of anilines is 1. The first-order chi connectivity index (χ1) is 7.82. The van der Waals surface area contributed by atoms with Crippen LogP contribution in [0.5, 0.6) is 5.75 Å². The predicted octanol–water partition coefficient (Wildman–Crippen LogP) is 2.09. The lowest BCUT2D eigenvalue weighted by Crippen LogP contribution is -2.43. The minimum atomic E-state index is -0.275. The van der Waals surface area contributed by atoms with Crippen molar-refractivity contribution in [2.75, 3.05) is 11.9 Å². The van der Waals surface area contributed by atoms with E-state index in [4.69, 9.17) is 4.74 Å². The first-order valence-corrected chi connectivity index (χ1v) is 5.98. The minimum Gasteiger partial charge on any atom is -0.483 e. The number of nitrogens with zero attached hydrogens (tertiary/aromatic N) is 1. The normalized spacial score (nSPS) is 17.3. The Morgan fingerprint density at radius 1 is 1.47 bits per heavy atom. The van der Waals surface area contributed by atoms with Crippen LogP contribution in [0.1, 0.15) is 39.2 Å². The first kappa shape index (κ1) is 12.0. The van der Waals surface area contributed by atoms with Crippen molar-refractivity contribution in [1.82, 2.24) is 4.57 Å². The molecule has 0 unspecified atom stereocenters. The summed E-state index contributed by atoms with van der Waals surface area (Å²) in [4.78, 5) is 12.0. The summed E-state index contributed by atoms with van der Waals surface area (Å²) in [7, 11) is 1.77. The molecule has 0 atom stereocenters. The molecular formula is C13H20N2O2. The van der Waals surface area contributed by atoms with E-state index in [2.05, 4.69) is 19.2 Å². The summed E-state index contributed by atoms with van der Waals surface area (Å²) in [5.74, 6) is 1.05. The molecule has 2 heterocycles. The summed E-state index contributed by atoms with van der Waals surface area (Å²) < 4.78 is 7.59. The number of nitrogens with one attached hydrogen (secondary N) is 1. The summed E-state index contributed by atoms with van der Waals surface area (Å²) in [6, 6.07) is 0. The van der Waals surface area contributed by atoms with E-state index in [9.17, 15) is 4.79 Å². The van der Waals surface area contributed by atoms with Crippen molar-refractivity contribution in [2.24, 2.45) is 7.05 Å². The highest BCUT2D eigenvalue weighted by molar-refractivity contribution is 5.61. The fourth-order valence-corrected chi connectivity index (χ4v) is 2.03. The van der Waals surface area contributed by atoms with Crippen LogP contribution in [0, 0.1) is 0 Å². The Balaban J connectivity index is 2.65. The Labute approximate surface area is 102 Å². The van der Waals surface area contributed by atoms with Crippen LogP contribution < -0.4 is 15.6 Å². The summed E-state index contributed by atoms with van der Waals surface area (Å²) in [5, 5.41) is 3.20. The van der Waals surface area contributed by atoms with Crippen molar-refractivity contribution in [3.05, 3.63) is 22.1 Å². The first-order valence-electron chi connectivity index (χ1n) is 5.98. The molecule has 0 spiro atoms. The lowest BCUT2D eigenvalue weighted by Gasteiger charge is -2.35. The fraction of sp³-hybridized carbons (Fsp3) is 0.615. The maximum absolute atomic E-state index is 12.0. The molecule has 0 aromatic carbocycles. The van der Waals surface area contributed by atoms with Gasteiger partial charge in [0.25, 0.3) is 5.56 Å². The molecule has 1 aliphatic heterocycles. The summed E-state index contributed by atoms with van der Waals surface area (Å²) in [5.41, 5.74) is 1.36. The largest absolute Gasteiger partial charge is 0.483 e. The zero-order valence-corrected chi connectivity index (χ0v) is 11.1. The second-order valence-electron chi connectivity index (χ2n) is 5.57. The predicted molar refractivity (Wildman–Crippen MR) is 69.0 cm³/mol. The van der Waals surface area contributed by atoms with Crippen LogP contribution in [0.2, 0.25) is 0 Å².